The molecular formula is C107H107N5. The Morgan fingerprint density at radius 3 is 0.491 bits per heavy atom. The maximum Gasteiger partial charge on any atom is 0.116 e. The molecule has 20 rings (SSSR count). The van der Waals surface area contributed by atoms with Gasteiger partial charge in [0.2, 0.25) is 0 Å². The molecule has 16 aromatic rings. The van der Waals surface area contributed by atoms with E-state index in [0.717, 1.165) is 39.3 Å². The molecule has 0 spiro atoms. The minimum absolute atomic E-state index is 0.940. The SMILES string of the molecule is CC.CC.CC.CC.CC.CC.CC.CC.c1ccc2c(c1)-c1ccccc1-c1ccccc1-c1ccccc1-2.c1ccc2c(c1)-c1ccccc1-c1ccncc1-c1ccccc1-2.c1ccc2c(c1)-c1ccccc1-c1cncnc1-c1ccccc1-2.c1ccc2c(c1)-c1ccccc1-c1nccnc1-c1ccccc1-2. The van der Waals surface area contributed by atoms with Gasteiger partial charge in [0.15, 0.2) is 0 Å². The average molecular weight is 1460 g/mol. The van der Waals surface area contributed by atoms with Crippen LogP contribution in [0.25, 0.3) is 178 Å². The molecule has 0 N–H and O–H groups in total. The predicted octanol–water partition coefficient (Wildman–Crippen LogP) is 31.9. The Balaban J connectivity index is 0.000000161. The molecule has 0 atom stereocenters. The number of pyridine rings is 1. The summed E-state index contributed by atoms with van der Waals surface area (Å²) in [6, 6.07) is 114. The molecular weight excluding hydrogens is 1360 g/mol. The second-order valence-corrected chi connectivity index (χ2v) is 24.1. The highest BCUT2D eigenvalue weighted by atomic mass is 14.8. The zero-order valence-corrected chi connectivity index (χ0v) is 68.3. The van der Waals surface area contributed by atoms with Crippen LogP contribution in [-0.4, -0.2) is 24.9 Å². The first-order chi connectivity index (χ1) is 55.7. The fraction of sp³-hybridized carbons (Fsp3) is 0.150. The van der Waals surface area contributed by atoms with Crippen LogP contribution in [0.3, 0.4) is 0 Å². The Labute approximate surface area is 668 Å². The molecule has 4 aliphatic rings. The molecule has 0 radical (unpaired) electrons. The number of hydrogen-bond donors (Lipinski definition) is 0. The third-order valence-electron chi connectivity index (χ3n) is 18.8. The molecule has 4 aliphatic carbocycles. The van der Waals surface area contributed by atoms with E-state index in [1.165, 1.54) is 139 Å². The summed E-state index contributed by atoms with van der Waals surface area (Å²) >= 11 is 0. The van der Waals surface area contributed by atoms with E-state index in [1.807, 2.05) is 129 Å². The summed E-state index contributed by atoms with van der Waals surface area (Å²) in [5, 5.41) is 0. The minimum atomic E-state index is 0.940. The molecule has 5 heteroatoms. The van der Waals surface area contributed by atoms with Crippen LogP contribution in [0, 0.1) is 0 Å². The molecule has 3 heterocycles. The zero-order chi connectivity index (χ0) is 79.7. The van der Waals surface area contributed by atoms with E-state index in [-0.39, 0.29) is 0 Å². The van der Waals surface area contributed by atoms with Crippen molar-refractivity contribution in [1.29, 1.82) is 0 Å². The van der Waals surface area contributed by atoms with Crippen molar-refractivity contribution < 1.29 is 0 Å². The van der Waals surface area contributed by atoms with E-state index in [9.17, 15) is 0 Å². The molecule has 0 unspecified atom stereocenters. The largest absolute Gasteiger partial charge is 0.264 e. The minimum Gasteiger partial charge on any atom is -0.264 e. The summed E-state index contributed by atoms with van der Waals surface area (Å²) in [4.78, 5) is 22.7. The van der Waals surface area contributed by atoms with E-state index in [2.05, 4.69) is 346 Å². The third-order valence-corrected chi connectivity index (χ3v) is 18.8. The van der Waals surface area contributed by atoms with Crippen molar-refractivity contribution in [2.45, 2.75) is 111 Å². The van der Waals surface area contributed by atoms with Gasteiger partial charge in [0.05, 0.1) is 17.1 Å². The predicted molar refractivity (Wildman–Crippen MR) is 487 cm³/mol. The van der Waals surface area contributed by atoms with Crippen molar-refractivity contribution in [3.63, 3.8) is 0 Å². The lowest BCUT2D eigenvalue weighted by atomic mass is 9.81. The summed E-state index contributed by atoms with van der Waals surface area (Å²) in [6.07, 6.45) is 11.0. The number of nitrogens with zero attached hydrogens (tertiary/aromatic N) is 5. The lowest BCUT2D eigenvalue weighted by Gasteiger charge is -2.22. The van der Waals surface area contributed by atoms with Crippen LogP contribution in [-0.2, 0) is 0 Å². The van der Waals surface area contributed by atoms with Crippen LogP contribution in [0.5, 0.6) is 0 Å². The topological polar surface area (TPSA) is 64.5 Å². The van der Waals surface area contributed by atoms with Crippen molar-refractivity contribution >= 4 is 0 Å². The monoisotopic (exact) mass is 1460 g/mol. The van der Waals surface area contributed by atoms with Gasteiger partial charge in [-0.05, 0) is 140 Å². The van der Waals surface area contributed by atoms with Crippen LogP contribution in [0.1, 0.15) is 111 Å². The van der Waals surface area contributed by atoms with Crippen LogP contribution in [0.15, 0.2) is 359 Å². The molecule has 5 nitrogen and oxygen atoms in total. The number of fused-ring (bicyclic) bond motifs is 32. The van der Waals surface area contributed by atoms with Gasteiger partial charge in [0.1, 0.15) is 6.33 Å². The van der Waals surface area contributed by atoms with Gasteiger partial charge in [0, 0.05) is 58.8 Å². The smallest absolute Gasteiger partial charge is 0.116 e. The summed E-state index contributed by atoms with van der Waals surface area (Å²) in [7, 11) is 0. The Morgan fingerprint density at radius 1 is 0.125 bits per heavy atom. The fourth-order valence-electron chi connectivity index (χ4n) is 14.6. The lowest BCUT2D eigenvalue weighted by molar-refractivity contribution is 1.17. The molecule has 13 aromatic carbocycles. The molecule has 0 aliphatic heterocycles. The van der Waals surface area contributed by atoms with Crippen molar-refractivity contribution in [3.05, 3.63) is 359 Å². The Kier molecular flexibility index (Phi) is 31.8. The van der Waals surface area contributed by atoms with Gasteiger partial charge in [0.25, 0.3) is 0 Å². The second kappa shape index (κ2) is 42.8. The van der Waals surface area contributed by atoms with Crippen molar-refractivity contribution in [1.82, 2.24) is 24.9 Å². The zero-order valence-electron chi connectivity index (χ0n) is 68.3. The maximum absolute atomic E-state index is 4.67. The molecule has 0 amide bonds. The van der Waals surface area contributed by atoms with Crippen LogP contribution in [0.4, 0.5) is 0 Å². The first-order valence-electron chi connectivity index (χ1n) is 40.5. The Hall–Kier alpha value is -12.8. The lowest BCUT2D eigenvalue weighted by Crippen LogP contribution is -1.99. The Bertz CT molecular complexity index is 3800. The van der Waals surface area contributed by atoms with Crippen molar-refractivity contribution in [3.8, 4) is 178 Å². The highest BCUT2D eigenvalue weighted by molar-refractivity contribution is 6.06. The molecule has 560 valence electrons. The Morgan fingerprint density at radius 2 is 0.277 bits per heavy atom. The first-order valence-corrected chi connectivity index (χ1v) is 40.5. The molecule has 0 saturated carbocycles. The standard InChI is InChI=1S/C24H16.C23H15N.2C22H14N2.8C2H6/c1-2-10-18-17(9-1)19-11-3-4-13-21(19)23-15-7-8-16-24(23)22-14-6-5-12-20(18)22;1-2-8-17-16(7-1)18-9-3-4-11-20(18)22-13-14-24-15-23(22)21-12-6-5-10-19(17)21;1-2-8-16-15(7-1)17-9-3-5-11-19(17)21-22(24-14-13-23-21)20-12-6-4-10-18(16)20;1-2-8-16-15(7-1)17-9-3-4-11-19(17)21-13-23-14-24-22(21)20-12-6-5-10-18(16)20;8*1-2/h1-16H;1-15H;2*1-14H;8*1-2H3. The molecule has 3 aromatic heterocycles. The van der Waals surface area contributed by atoms with Crippen molar-refractivity contribution in [2.24, 2.45) is 0 Å². The van der Waals surface area contributed by atoms with Gasteiger partial charge < -0.3 is 0 Å². The molecule has 0 saturated heterocycles. The van der Waals surface area contributed by atoms with Crippen LogP contribution in [0.2, 0.25) is 0 Å². The fourth-order valence-corrected chi connectivity index (χ4v) is 14.6. The number of rotatable bonds is 0. The molecule has 0 bridgehead atoms. The van der Waals surface area contributed by atoms with Gasteiger partial charge in [-0.3, -0.25) is 15.0 Å². The summed E-state index contributed by atoms with van der Waals surface area (Å²) in [5.74, 6) is 0. The summed E-state index contributed by atoms with van der Waals surface area (Å²) in [6.45, 7) is 32.0. The maximum atomic E-state index is 4.67. The van der Waals surface area contributed by atoms with E-state index in [4.69, 9.17) is 0 Å². The van der Waals surface area contributed by atoms with Gasteiger partial charge >= 0.3 is 0 Å². The van der Waals surface area contributed by atoms with Gasteiger partial charge in [-0.15, -0.1) is 0 Å². The second-order valence-electron chi connectivity index (χ2n) is 24.1. The number of aromatic nitrogens is 5. The van der Waals surface area contributed by atoms with Crippen LogP contribution >= 0.6 is 0 Å². The van der Waals surface area contributed by atoms with E-state index in [1.54, 1.807) is 18.7 Å². The average Bonchev–Trinajstić information content (AvgIpc) is 0.772. The third kappa shape index (κ3) is 17.4. The molecule has 112 heavy (non-hydrogen) atoms. The summed E-state index contributed by atoms with van der Waals surface area (Å²) in [5.41, 5.74) is 38.7. The normalized spacial score (nSPS) is 10.1. The van der Waals surface area contributed by atoms with E-state index >= 15 is 0 Å². The highest BCUT2D eigenvalue weighted by Gasteiger charge is 2.27. The van der Waals surface area contributed by atoms with Gasteiger partial charge in [-0.2, -0.15) is 0 Å². The van der Waals surface area contributed by atoms with Gasteiger partial charge in [-0.1, -0.05) is 426 Å². The van der Waals surface area contributed by atoms with Crippen LogP contribution < -0.4 is 0 Å². The van der Waals surface area contributed by atoms with Gasteiger partial charge in [-0.25, -0.2) is 9.97 Å². The highest BCUT2D eigenvalue weighted by Crippen LogP contribution is 2.51. The molecule has 0 fully saturated rings. The number of benzene rings is 13. The number of hydrogen-bond acceptors (Lipinski definition) is 5. The van der Waals surface area contributed by atoms with Crippen molar-refractivity contribution in [2.75, 3.05) is 0 Å². The quantitative estimate of drug-likeness (QED) is 0.151. The summed E-state index contributed by atoms with van der Waals surface area (Å²) < 4.78 is 0. The van der Waals surface area contributed by atoms with E-state index < -0.39 is 0 Å². The van der Waals surface area contributed by atoms with E-state index in [0.29, 0.717) is 0 Å². The first kappa shape index (κ1) is 83.2.